The van der Waals surface area contributed by atoms with E-state index in [1.165, 1.54) is 17.0 Å². The van der Waals surface area contributed by atoms with E-state index in [4.69, 9.17) is 0 Å². The Bertz CT molecular complexity index is 359. The van der Waals surface area contributed by atoms with Crippen molar-refractivity contribution in [3.63, 3.8) is 0 Å². The van der Waals surface area contributed by atoms with Gasteiger partial charge < -0.3 is 4.90 Å². The summed E-state index contributed by atoms with van der Waals surface area (Å²) in [7, 11) is 3.18. The van der Waals surface area contributed by atoms with Crippen LogP contribution < -0.4 is 0 Å². The molecule has 0 fully saturated rings. The molecule has 0 saturated heterocycles. The lowest BCUT2D eigenvalue weighted by molar-refractivity contribution is -0.385. The maximum Gasteiger partial charge on any atom is 0.287 e. The third kappa shape index (κ3) is 2.03. The maximum absolute atomic E-state index is 11.3. The number of rotatable bonds is 2. The normalized spacial score (nSPS) is 9.57. The van der Waals surface area contributed by atoms with Gasteiger partial charge in [-0.1, -0.05) is 0 Å². The van der Waals surface area contributed by atoms with Gasteiger partial charge in [0.05, 0.1) is 4.92 Å². The van der Waals surface area contributed by atoms with Gasteiger partial charge in [0.25, 0.3) is 11.6 Å². The minimum Gasteiger partial charge on any atom is -0.343 e. The highest BCUT2D eigenvalue weighted by Gasteiger charge is 2.11. The first-order valence-electron chi connectivity index (χ1n) is 3.84. The van der Waals surface area contributed by atoms with Gasteiger partial charge in [0.1, 0.15) is 11.9 Å². The molecule has 6 heteroatoms. The molecule has 6 nitrogen and oxygen atoms in total. The molecule has 0 radical (unpaired) electrons. The van der Waals surface area contributed by atoms with Crippen molar-refractivity contribution in [3.8, 4) is 0 Å². The first kappa shape index (κ1) is 10.1. The molecule has 0 aliphatic rings. The summed E-state index contributed by atoms with van der Waals surface area (Å²) in [6, 6.07) is 2.59. The summed E-state index contributed by atoms with van der Waals surface area (Å²) >= 11 is 0. The van der Waals surface area contributed by atoms with Gasteiger partial charge >= 0.3 is 0 Å². The molecule has 0 bridgehead atoms. The van der Waals surface area contributed by atoms with Gasteiger partial charge in [-0.2, -0.15) is 0 Å². The van der Waals surface area contributed by atoms with Crippen molar-refractivity contribution in [1.82, 2.24) is 9.88 Å². The SMILES string of the molecule is CN(C)C(=O)c1ccc([N+](=O)[O-])cn1. The molecule has 1 heterocycles. The van der Waals surface area contributed by atoms with Crippen molar-refractivity contribution in [2.45, 2.75) is 0 Å². The first-order valence-corrected chi connectivity index (χ1v) is 3.84. The van der Waals surface area contributed by atoms with Gasteiger partial charge in [0, 0.05) is 20.2 Å². The number of nitro groups is 1. The Morgan fingerprint density at radius 2 is 2.14 bits per heavy atom. The average molecular weight is 195 g/mol. The van der Waals surface area contributed by atoms with Gasteiger partial charge in [-0.25, -0.2) is 4.98 Å². The van der Waals surface area contributed by atoms with Crippen LogP contribution in [0.15, 0.2) is 18.3 Å². The minimum absolute atomic E-state index is 0.125. The molecule has 0 aliphatic heterocycles. The van der Waals surface area contributed by atoms with Gasteiger partial charge in [0.2, 0.25) is 0 Å². The lowest BCUT2D eigenvalue weighted by atomic mass is 10.3. The lowest BCUT2D eigenvalue weighted by Crippen LogP contribution is -2.22. The Hall–Kier alpha value is -1.98. The van der Waals surface area contributed by atoms with Crippen molar-refractivity contribution in [2.24, 2.45) is 0 Å². The van der Waals surface area contributed by atoms with E-state index < -0.39 is 4.92 Å². The zero-order valence-electron chi connectivity index (χ0n) is 7.80. The third-order valence-corrected chi connectivity index (χ3v) is 1.58. The topological polar surface area (TPSA) is 76.3 Å². The predicted molar refractivity (Wildman–Crippen MR) is 48.9 cm³/mol. The fourth-order valence-electron chi connectivity index (χ4n) is 0.850. The molecular formula is C8H9N3O3. The minimum atomic E-state index is -0.559. The second-order valence-electron chi connectivity index (χ2n) is 2.86. The molecule has 1 amide bonds. The van der Waals surface area contributed by atoms with Crippen molar-refractivity contribution in [2.75, 3.05) is 14.1 Å². The summed E-state index contributed by atoms with van der Waals surface area (Å²) in [6.45, 7) is 0. The summed E-state index contributed by atoms with van der Waals surface area (Å²) in [6.07, 6.45) is 1.07. The van der Waals surface area contributed by atoms with E-state index in [0.717, 1.165) is 6.20 Å². The van der Waals surface area contributed by atoms with Gasteiger partial charge in [-0.3, -0.25) is 14.9 Å². The van der Waals surface area contributed by atoms with E-state index in [9.17, 15) is 14.9 Å². The standard InChI is InChI=1S/C8H9N3O3/c1-10(2)8(12)7-4-3-6(5-9-7)11(13)14/h3-5H,1-2H3. The smallest absolute Gasteiger partial charge is 0.287 e. The fourth-order valence-corrected chi connectivity index (χ4v) is 0.850. The van der Waals surface area contributed by atoms with Crippen LogP contribution in [-0.2, 0) is 0 Å². The van der Waals surface area contributed by atoms with Crippen molar-refractivity contribution < 1.29 is 9.72 Å². The van der Waals surface area contributed by atoms with E-state index in [1.807, 2.05) is 0 Å². The second-order valence-corrected chi connectivity index (χ2v) is 2.86. The Balaban J connectivity index is 2.94. The van der Waals surface area contributed by atoms with Crippen LogP contribution in [0.25, 0.3) is 0 Å². The zero-order valence-corrected chi connectivity index (χ0v) is 7.80. The molecule has 0 aromatic carbocycles. The third-order valence-electron chi connectivity index (χ3n) is 1.58. The van der Waals surface area contributed by atoms with Crippen molar-refractivity contribution >= 4 is 11.6 Å². The van der Waals surface area contributed by atoms with Crippen LogP contribution in [-0.4, -0.2) is 34.8 Å². The highest BCUT2D eigenvalue weighted by atomic mass is 16.6. The summed E-state index contributed by atoms with van der Waals surface area (Å²) in [5.74, 6) is -0.278. The first-order chi connectivity index (χ1) is 6.52. The van der Waals surface area contributed by atoms with Crippen LogP contribution in [0.2, 0.25) is 0 Å². The van der Waals surface area contributed by atoms with Crippen LogP contribution in [0.4, 0.5) is 5.69 Å². The van der Waals surface area contributed by atoms with Gasteiger partial charge in [0.15, 0.2) is 0 Å². The number of pyridine rings is 1. The number of carbonyl (C=O) groups excluding carboxylic acids is 1. The summed E-state index contributed by atoms with van der Waals surface area (Å²) in [5, 5.41) is 10.3. The molecular weight excluding hydrogens is 186 g/mol. The molecule has 14 heavy (non-hydrogen) atoms. The zero-order chi connectivity index (χ0) is 10.7. The quantitative estimate of drug-likeness (QED) is 0.514. The molecule has 74 valence electrons. The second kappa shape index (κ2) is 3.82. The molecule has 0 atom stereocenters. The number of nitrogens with zero attached hydrogens (tertiary/aromatic N) is 3. The summed E-state index contributed by atoms with van der Waals surface area (Å²) in [4.78, 5) is 26.1. The summed E-state index contributed by atoms with van der Waals surface area (Å²) < 4.78 is 0. The largest absolute Gasteiger partial charge is 0.343 e. The molecule has 0 N–H and O–H groups in total. The Morgan fingerprint density at radius 3 is 2.50 bits per heavy atom. The molecule has 0 saturated carbocycles. The number of hydrogen-bond donors (Lipinski definition) is 0. The molecule has 1 aromatic rings. The molecule has 0 spiro atoms. The predicted octanol–water partition coefficient (Wildman–Crippen LogP) is 0.692. The number of carbonyl (C=O) groups is 1. The Labute approximate surface area is 80.3 Å². The molecule has 0 unspecified atom stereocenters. The van der Waals surface area contributed by atoms with E-state index in [1.54, 1.807) is 14.1 Å². The van der Waals surface area contributed by atoms with Gasteiger partial charge in [-0.15, -0.1) is 0 Å². The van der Waals surface area contributed by atoms with Crippen LogP contribution >= 0.6 is 0 Å². The van der Waals surface area contributed by atoms with E-state index in [-0.39, 0.29) is 17.3 Å². The fraction of sp³-hybridized carbons (Fsp3) is 0.250. The number of hydrogen-bond acceptors (Lipinski definition) is 4. The number of aromatic nitrogens is 1. The number of amides is 1. The van der Waals surface area contributed by atoms with E-state index in [0.29, 0.717) is 0 Å². The maximum atomic E-state index is 11.3. The highest BCUT2D eigenvalue weighted by molar-refractivity contribution is 5.91. The monoisotopic (exact) mass is 195 g/mol. The molecule has 1 rings (SSSR count). The molecule has 1 aromatic heterocycles. The Kier molecular flexibility index (Phi) is 2.76. The van der Waals surface area contributed by atoms with Crippen LogP contribution in [0, 0.1) is 10.1 Å². The highest BCUT2D eigenvalue weighted by Crippen LogP contribution is 2.09. The van der Waals surface area contributed by atoms with Crippen LogP contribution in [0.1, 0.15) is 10.5 Å². The van der Waals surface area contributed by atoms with Gasteiger partial charge in [-0.05, 0) is 6.07 Å². The summed E-state index contributed by atoms with van der Waals surface area (Å²) in [5.41, 5.74) is 0.0703. The Morgan fingerprint density at radius 1 is 1.50 bits per heavy atom. The van der Waals surface area contributed by atoms with Crippen molar-refractivity contribution in [3.05, 3.63) is 34.1 Å². The van der Waals surface area contributed by atoms with Crippen molar-refractivity contribution in [1.29, 1.82) is 0 Å². The average Bonchev–Trinajstić information content (AvgIpc) is 2.16. The lowest BCUT2D eigenvalue weighted by Gasteiger charge is -2.08. The van der Waals surface area contributed by atoms with E-state index in [2.05, 4.69) is 4.98 Å². The van der Waals surface area contributed by atoms with Crippen LogP contribution in [0.3, 0.4) is 0 Å². The van der Waals surface area contributed by atoms with Crippen LogP contribution in [0.5, 0.6) is 0 Å². The molecule has 0 aliphatic carbocycles. The van der Waals surface area contributed by atoms with E-state index >= 15 is 0 Å².